The zero-order chi connectivity index (χ0) is 18.4. The Labute approximate surface area is 162 Å². The Hall–Kier alpha value is -2.43. The Bertz CT molecular complexity index is 882. The van der Waals surface area contributed by atoms with E-state index in [1.807, 2.05) is 66.7 Å². The number of para-hydroxylation sites is 2. The van der Waals surface area contributed by atoms with E-state index < -0.39 is 0 Å². The normalized spacial score (nSPS) is 12.6. The number of nitrogens with two attached hydrogens (primary N) is 1. The van der Waals surface area contributed by atoms with Crippen molar-refractivity contribution in [2.45, 2.75) is 5.25 Å². The molecule has 0 saturated heterocycles. The minimum atomic E-state index is 0.0203. The molecule has 3 aromatic rings. The molecule has 0 unspecified atom stereocenters. The molecule has 0 amide bonds. The molecular weight excluding hydrogens is 364 g/mol. The summed E-state index contributed by atoms with van der Waals surface area (Å²) in [5.41, 5.74) is 9.24. The smallest absolute Gasteiger partial charge is 0.160 e. The minimum Gasteiger partial charge on any atom is -0.494 e. The van der Waals surface area contributed by atoms with Crippen molar-refractivity contribution < 1.29 is 4.74 Å². The standard InChI is InChI=1S/C21H19ClN2OS/c1-25-19-10-6-5-9-18(19)24-21(23)26-20(15-7-3-2-4-8-15)16-11-13-17(22)14-12-16/h2-14,20H,1H3,(H2,23,24)/t20-/m0/s1. The lowest BCUT2D eigenvalue weighted by molar-refractivity contribution is 0.416. The van der Waals surface area contributed by atoms with Crippen LogP contribution in [0, 0.1) is 0 Å². The van der Waals surface area contributed by atoms with E-state index in [9.17, 15) is 0 Å². The zero-order valence-electron chi connectivity index (χ0n) is 14.3. The first-order chi connectivity index (χ1) is 12.7. The molecule has 0 aromatic heterocycles. The molecule has 0 aliphatic heterocycles. The third kappa shape index (κ3) is 4.59. The molecule has 26 heavy (non-hydrogen) atoms. The topological polar surface area (TPSA) is 47.6 Å². The number of nitrogens with zero attached hydrogens (tertiary/aromatic N) is 1. The molecule has 0 heterocycles. The highest BCUT2D eigenvalue weighted by molar-refractivity contribution is 8.14. The molecule has 132 valence electrons. The quantitative estimate of drug-likeness (QED) is 0.447. The Morgan fingerprint density at radius 1 is 0.923 bits per heavy atom. The summed E-state index contributed by atoms with van der Waals surface area (Å²) in [5.74, 6) is 0.693. The summed E-state index contributed by atoms with van der Waals surface area (Å²) in [6.07, 6.45) is 0. The van der Waals surface area contributed by atoms with Gasteiger partial charge in [0.1, 0.15) is 11.4 Å². The molecule has 3 nitrogen and oxygen atoms in total. The lowest BCUT2D eigenvalue weighted by Crippen LogP contribution is -2.10. The van der Waals surface area contributed by atoms with Crippen LogP contribution in [0.2, 0.25) is 5.02 Å². The van der Waals surface area contributed by atoms with Crippen LogP contribution in [0.25, 0.3) is 0 Å². The number of rotatable bonds is 5. The number of ether oxygens (including phenoxy) is 1. The van der Waals surface area contributed by atoms with Gasteiger partial charge in [0.2, 0.25) is 0 Å². The van der Waals surface area contributed by atoms with Gasteiger partial charge < -0.3 is 10.5 Å². The van der Waals surface area contributed by atoms with Crippen LogP contribution < -0.4 is 10.5 Å². The highest BCUT2D eigenvalue weighted by Gasteiger charge is 2.17. The third-order valence-electron chi connectivity index (χ3n) is 3.83. The molecule has 0 saturated carbocycles. The van der Waals surface area contributed by atoms with E-state index in [0.29, 0.717) is 21.6 Å². The number of amidine groups is 1. The number of hydrogen-bond donors (Lipinski definition) is 1. The van der Waals surface area contributed by atoms with Crippen LogP contribution in [0.5, 0.6) is 5.75 Å². The summed E-state index contributed by atoms with van der Waals surface area (Å²) < 4.78 is 5.35. The van der Waals surface area contributed by atoms with Crippen molar-refractivity contribution in [3.05, 3.63) is 95.0 Å². The number of benzene rings is 3. The summed E-state index contributed by atoms with van der Waals surface area (Å²) in [6.45, 7) is 0. The van der Waals surface area contributed by atoms with Gasteiger partial charge in [0.15, 0.2) is 5.17 Å². The van der Waals surface area contributed by atoms with E-state index in [1.165, 1.54) is 11.8 Å². The predicted octanol–water partition coefficient (Wildman–Crippen LogP) is 5.82. The van der Waals surface area contributed by atoms with Crippen molar-refractivity contribution in [1.29, 1.82) is 0 Å². The van der Waals surface area contributed by atoms with Crippen molar-refractivity contribution in [3.63, 3.8) is 0 Å². The first-order valence-corrected chi connectivity index (χ1v) is 9.37. The number of aliphatic imine (C=N–C) groups is 1. The molecule has 0 aliphatic carbocycles. The average molecular weight is 383 g/mol. The van der Waals surface area contributed by atoms with Crippen molar-refractivity contribution in [3.8, 4) is 5.75 Å². The van der Waals surface area contributed by atoms with Crippen molar-refractivity contribution in [2.24, 2.45) is 10.7 Å². The highest BCUT2D eigenvalue weighted by atomic mass is 35.5. The van der Waals surface area contributed by atoms with Gasteiger partial charge >= 0.3 is 0 Å². The van der Waals surface area contributed by atoms with E-state index >= 15 is 0 Å². The number of hydrogen-bond acceptors (Lipinski definition) is 3. The maximum atomic E-state index is 6.27. The number of thioether (sulfide) groups is 1. The maximum absolute atomic E-state index is 6.27. The molecule has 3 rings (SSSR count). The molecule has 0 bridgehead atoms. The molecule has 3 aromatic carbocycles. The Morgan fingerprint density at radius 3 is 2.23 bits per heavy atom. The second kappa shape index (κ2) is 8.79. The Balaban J connectivity index is 1.92. The summed E-state index contributed by atoms with van der Waals surface area (Å²) in [5, 5.41) is 1.20. The predicted molar refractivity (Wildman–Crippen MR) is 112 cm³/mol. The molecule has 0 radical (unpaired) electrons. The van der Waals surface area contributed by atoms with Gasteiger partial charge in [-0.1, -0.05) is 78.0 Å². The van der Waals surface area contributed by atoms with E-state index in [-0.39, 0.29) is 5.25 Å². The monoisotopic (exact) mass is 382 g/mol. The van der Waals surface area contributed by atoms with Gasteiger partial charge in [-0.15, -0.1) is 0 Å². The summed E-state index contributed by atoms with van der Waals surface area (Å²) >= 11 is 7.54. The largest absolute Gasteiger partial charge is 0.494 e. The fourth-order valence-corrected chi connectivity index (χ4v) is 3.69. The lowest BCUT2D eigenvalue weighted by Gasteiger charge is -2.17. The molecule has 2 N–H and O–H groups in total. The lowest BCUT2D eigenvalue weighted by atomic mass is 10.0. The average Bonchev–Trinajstić information content (AvgIpc) is 2.68. The van der Waals surface area contributed by atoms with Crippen LogP contribution in [0.15, 0.2) is 83.9 Å². The molecule has 0 aliphatic rings. The second-order valence-corrected chi connectivity index (χ2v) is 7.14. The summed E-state index contributed by atoms with van der Waals surface area (Å²) in [7, 11) is 1.62. The van der Waals surface area contributed by atoms with Crippen molar-refractivity contribution >= 4 is 34.2 Å². The SMILES string of the molecule is COc1ccccc1N=C(N)S[C@@H](c1ccccc1)c1ccc(Cl)cc1. The van der Waals surface area contributed by atoms with E-state index in [0.717, 1.165) is 11.1 Å². The van der Waals surface area contributed by atoms with Crippen molar-refractivity contribution in [1.82, 2.24) is 0 Å². The molecule has 1 atom stereocenters. The van der Waals surface area contributed by atoms with Crippen LogP contribution in [0.4, 0.5) is 5.69 Å². The van der Waals surface area contributed by atoms with Crippen LogP contribution in [-0.4, -0.2) is 12.3 Å². The van der Waals surface area contributed by atoms with Gasteiger partial charge in [-0.2, -0.15) is 0 Å². The first kappa shape index (κ1) is 18.4. The fraction of sp³-hybridized carbons (Fsp3) is 0.0952. The van der Waals surface area contributed by atoms with Crippen LogP contribution in [0.1, 0.15) is 16.4 Å². The van der Waals surface area contributed by atoms with Gasteiger partial charge in [0.05, 0.1) is 12.4 Å². The first-order valence-electron chi connectivity index (χ1n) is 8.11. The zero-order valence-corrected chi connectivity index (χ0v) is 15.9. The van der Waals surface area contributed by atoms with Gasteiger partial charge in [0, 0.05) is 5.02 Å². The molecule has 5 heteroatoms. The van der Waals surface area contributed by atoms with Gasteiger partial charge in [0.25, 0.3) is 0 Å². The number of methoxy groups -OCH3 is 1. The molecule has 0 spiro atoms. The third-order valence-corrected chi connectivity index (χ3v) is 5.19. The second-order valence-electron chi connectivity index (χ2n) is 5.58. The molecular formula is C21H19ClN2OS. The molecule has 0 fully saturated rings. The van der Waals surface area contributed by atoms with Crippen molar-refractivity contribution in [2.75, 3.05) is 7.11 Å². The minimum absolute atomic E-state index is 0.0203. The van der Waals surface area contributed by atoms with E-state index in [4.69, 9.17) is 22.1 Å². The van der Waals surface area contributed by atoms with Crippen LogP contribution >= 0.6 is 23.4 Å². The van der Waals surface area contributed by atoms with Crippen LogP contribution in [0.3, 0.4) is 0 Å². The van der Waals surface area contributed by atoms with E-state index in [2.05, 4.69) is 17.1 Å². The Morgan fingerprint density at radius 2 is 1.54 bits per heavy atom. The van der Waals surface area contributed by atoms with Gasteiger partial charge in [-0.05, 0) is 35.4 Å². The fourth-order valence-electron chi connectivity index (χ4n) is 2.58. The summed E-state index contributed by atoms with van der Waals surface area (Å²) in [4.78, 5) is 4.54. The number of halogens is 1. The van der Waals surface area contributed by atoms with E-state index in [1.54, 1.807) is 7.11 Å². The Kier molecular flexibility index (Phi) is 6.21. The van der Waals surface area contributed by atoms with Gasteiger partial charge in [-0.3, -0.25) is 0 Å². The maximum Gasteiger partial charge on any atom is 0.160 e. The highest BCUT2D eigenvalue weighted by Crippen LogP contribution is 2.37. The van der Waals surface area contributed by atoms with Gasteiger partial charge in [-0.25, -0.2) is 4.99 Å². The van der Waals surface area contributed by atoms with Crippen LogP contribution in [-0.2, 0) is 0 Å². The summed E-state index contributed by atoms with van der Waals surface area (Å²) in [6, 6.07) is 25.6.